The number of para-hydroxylation sites is 1. The topological polar surface area (TPSA) is 69.8 Å². The lowest BCUT2D eigenvalue weighted by molar-refractivity contribution is 0.102. The van der Waals surface area contributed by atoms with Gasteiger partial charge in [-0.15, -0.1) is 11.3 Å². The number of aromatic amines is 1. The molecule has 4 rings (SSSR count). The monoisotopic (exact) mass is 298 g/mol. The summed E-state index contributed by atoms with van der Waals surface area (Å²) in [5.41, 5.74) is 2.61. The number of carbonyl (C=O) groups excluding carboxylic acids is 1. The van der Waals surface area contributed by atoms with Gasteiger partial charge < -0.3 is 10.3 Å². The second kappa shape index (κ2) is 4.98. The van der Waals surface area contributed by atoms with Crippen molar-refractivity contribution in [2.24, 2.45) is 0 Å². The number of rotatable bonds is 2. The van der Waals surface area contributed by atoms with E-state index >= 15 is 0 Å². The summed E-state index contributed by atoms with van der Waals surface area (Å²) < 4.78 is 0. The number of hydrogen-bond donors (Lipinski definition) is 3. The Labute approximate surface area is 125 Å². The van der Waals surface area contributed by atoms with Gasteiger partial charge >= 0.3 is 0 Å². The largest absolute Gasteiger partial charge is 0.361 e. The number of nitrogens with zero attached hydrogens (tertiary/aromatic N) is 1. The molecule has 1 aromatic carbocycles. The van der Waals surface area contributed by atoms with E-state index in [1.165, 1.54) is 4.88 Å². The third-order valence-corrected chi connectivity index (χ3v) is 4.67. The van der Waals surface area contributed by atoms with Gasteiger partial charge in [-0.3, -0.25) is 10.1 Å². The van der Waals surface area contributed by atoms with Crippen LogP contribution in [0.3, 0.4) is 0 Å². The Kier molecular flexibility index (Phi) is 2.98. The molecule has 21 heavy (non-hydrogen) atoms. The summed E-state index contributed by atoms with van der Waals surface area (Å²) >= 11 is 1.55. The molecule has 1 aliphatic heterocycles. The minimum absolute atomic E-state index is 0.123. The molecule has 1 amide bonds. The summed E-state index contributed by atoms with van der Waals surface area (Å²) in [5.74, 6) is -0.123. The van der Waals surface area contributed by atoms with Gasteiger partial charge in [0.05, 0.1) is 16.8 Å². The summed E-state index contributed by atoms with van der Waals surface area (Å²) in [5, 5.41) is 7.94. The Morgan fingerprint density at radius 3 is 3.19 bits per heavy atom. The molecule has 0 fully saturated rings. The first-order chi connectivity index (χ1) is 10.3. The lowest BCUT2D eigenvalue weighted by Crippen LogP contribution is -2.22. The van der Waals surface area contributed by atoms with Crippen LogP contribution < -0.4 is 10.6 Å². The zero-order valence-electron chi connectivity index (χ0n) is 11.3. The van der Waals surface area contributed by atoms with E-state index in [-0.39, 0.29) is 5.91 Å². The Morgan fingerprint density at radius 1 is 1.33 bits per heavy atom. The van der Waals surface area contributed by atoms with Gasteiger partial charge in [-0.25, -0.2) is 4.98 Å². The highest BCUT2D eigenvalue weighted by Gasteiger charge is 2.17. The normalized spacial score (nSPS) is 14.1. The lowest BCUT2D eigenvalue weighted by Gasteiger charge is -2.09. The Hall–Kier alpha value is -2.18. The van der Waals surface area contributed by atoms with Crippen LogP contribution in [0.2, 0.25) is 0 Å². The van der Waals surface area contributed by atoms with E-state index in [1.807, 2.05) is 30.5 Å². The first kappa shape index (κ1) is 12.6. The molecule has 3 aromatic rings. The summed E-state index contributed by atoms with van der Waals surface area (Å²) in [6.07, 6.45) is 2.77. The van der Waals surface area contributed by atoms with Gasteiger partial charge in [0.25, 0.3) is 5.91 Å². The molecule has 106 valence electrons. The van der Waals surface area contributed by atoms with Crippen molar-refractivity contribution in [3.05, 3.63) is 46.6 Å². The second-order valence-electron chi connectivity index (χ2n) is 5.02. The number of H-pyrrole nitrogens is 1. The molecule has 0 radical (unpaired) electrons. The van der Waals surface area contributed by atoms with Crippen LogP contribution in [0, 0.1) is 0 Å². The number of fused-ring (bicyclic) bond motifs is 2. The van der Waals surface area contributed by atoms with Crippen molar-refractivity contribution in [3.8, 4) is 0 Å². The van der Waals surface area contributed by atoms with Crippen molar-refractivity contribution in [2.45, 2.75) is 13.0 Å². The maximum Gasteiger partial charge on any atom is 0.259 e. The van der Waals surface area contributed by atoms with Crippen LogP contribution in [0.4, 0.5) is 5.13 Å². The van der Waals surface area contributed by atoms with Gasteiger partial charge in [-0.2, -0.15) is 0 Å². The summed E-state index contributed by atoms with van der Waals surface area (Å²) in [6.45, 7) is 1.79. The number of amides is 1. The van der Waals surface area contributed by atoms with Crippen molar-refractivity contribution < 1.29 is 4.79 Å². The Bertz CT molecular complexity index is 797. The molecule has 0 saturated heterocycles. The van der Waals surface area contributed by atoms with Crippen molar-refractivity contribution in [2.75, 3.05) is 11.9 Å². The van der Waals surface area contributed by atoms with Crippen molar-refractivity contribution in [3.63, 3.8) is 0 Å². The van der Waals surface area contributed by atoms with Gasteiger partial charge in [0, 0.05) is 36.0 Å². The average Bonchev–Trinajstić information content (AvgIpc) is 3.12. The van der Waals surface area contributed by atoms with Gasteiger partial charge in [-0.05, 0) is 12.1 Å². The highest BCUT2D eigenvalue weighted by Crippen LogP contribution is 2.26. The first-order valence-corrected chi connectivity index (χ1v) is 7.69. The quantitative estimate of drug-likeness (QED) is 0.681. The third-order valence-electron chi connectivity index (χ3n) is 3.65. The van der Waals surface area contributed by atoms with E-state index in [0.717, 1.165) is 36.1 Å². The zero-order valence-corrected chi connectivity index (χ0v) is 12.1. The molecule has 0 spiro atoms. The summed E-state index contributed by atoms with van der Waals surface area (Å²) in [7, 11) is 0. The maximum atomic E-state index is 12.5. The molecule has 0 atom stereocenters. The molecule has 0 saturated carbocycles. The fourth-order valence-electron chi connectivity index (χ4n) is 2.62. The fraction of sp³-hybridized carbons (Fsp3) is 0.200. The van der Waals surface area contributed by atoms with E-state index in [9.17, 15) is 4.79 Å². The van der Waals surface area contributed by atoms with Crippen LogP contribution in [0.25, 0.3) is 10.9 Å². The summed E-state index contributed by atoms with van der Waals surface area (Å²) in [6, 6.07) is 7.65. The highest BCUT2D eigenvalue weighted by atomic mass is 32.1. The lowest BCUT2D eigenvalue weighted by atomic mass is 10.1. The molecule has 3 N–H and O–H groups in total. The van der Waals surface area contributed by atoms with E-state index in [4.69, 9.17) is 0 Å². The van der Waals surface area contributed by atoms with E-state index in [0.29, 0.717) is 10.7 Å². The van der Waals surface area contributed by atoms with Crippen LogP contribution >= 0.6 is 11.3 Å². The van der Waals surface area contributed by atoms with E-state index in [1.54, 1.807) is 11.3 Å². The smallest absolute Gasteiger partial charge is 0.259 e. The molecular weight excluding hydrogens is 284 g/mol. The van der Waals surface area contributed by atoms with Gasteiger partial charge in [0.2, 0.25) is 0 Å². The van der Waals surface area contributed by atoms with E-state index in [2.05, 4.69) is 20.6 Å². The van der Waals surface area contributed by atoms with Gasteiger partial charge in [0.1, 0.15) is 0 Å². The predicted molar refractivity (Wildman–Crippen MR) is 83.8 cm³/mol. The van der Waals surface area contributed by atoms with Crippen LogP contribution in [0.5, 0.6) is 0 Å². The fourth-order valence-corrected chi connectivity index (χ4v) is 3.59. The zero-order chi connectivity index (χ0) is 14.2. The molecule has 3 heterocycles. The summed E-state index contributed by atoms with van der Waals surface area (Å²) in [4.78, 5) is 21.3. The standard InChI is InChI=1S/C15H14N4OS/c20-14(10-3-1-2-9-4-7-17-13(9)10)19-15-18-11-5-6-16-8-12(11)21-15/h1-4,7,16-17H,5-6,8H2,(H,18,19,20). The molecule has 0 aliphatic carbocycles. The third kappa shape index (κ3) is 2.22. The Balaban J connectivity index is 1.63. The Morgan fingerprint density at radius 2 is 2.29 bits per heavy atom. The van der Waals surface area contributed by atoms with Gasteiger partial charge in [-0.1, -0.05) is 12.1 Å². The number of benzene rings is 1. The predicted octanol–water partition coefficient (Wildman–Crippen LogP) is 2.52. The number of nitrogens with one attached hydrogen (secondary N) is 3. The molecule has 5 nitrogen and oxygen atoms in total. The molecule has 0 bridgehead atoms. The molecule has 0 unspecified atom stereocenters. The number of anilines is 1. The minimum atomic E-state index is -0.123. The molecular formula is C15H14N4OS. The van der Waals surface area contributed by atoms with E-state index < -0.39 is 0 Å². The minimum Gasteiger partial charge on any atom is -0.361 e. The highest BCUT2D eigenvalue weighted by molar-refractivity contribution is 7.15. The maximum absolute atomic E-state index is 12.5. The van der Waals surface area contributed by atoms with Crippen LogP contribution in [-0.2, 0) is 13.0 Å². The van der Waals surface area contributed by atoms with Crippen LogP contribution in [0.15, 0.2) is 30.5 Å². The number of aromatic nitrogens is 2. The number of carbonyl (C=O) groups is 1. The SMILES string of the molecule is O=C(Nc1nc2c(s1)CNCC2)c1cccc2cc[nH]c12. The molecule has 6 heteroatoms. The van der Waals surface area contributed by atoms with Crippen LogP contribution in [-0.4, -0.2) is 22.4 Å². The van der Waals surface area contributed by atoms with Crippen LogP contribution in [0.1, 0.15) is 20.9 Å². The average molecular weight is 298 g/mol. The van der Waals surface area contributed by atoms with Crippen molar-refractivity contribution >= 4 is 33.3 Å². The van der Waals surface area contributed by atoms with Gasteiger partial charge in [0.15, 0.2) is 5.13 Å². The first-order valence-electron chi connectivity index (χ1n) is 6.88. The number of hydrogen-bond acceptors (Lipinski definition) is 4. The second-order valence-corrected chi connectivity index (χ2v) is 6.10. The van der Waals surface area contributed by atoms with Crippen molar-refractivity contribution in [1.29, 1.82) is 0 Å². The molecule has 1 aliphatic rings. The van der Waals surface area contributed by atoms with Crippen molar-refractivity contribution in [1.82, 2.24) is 15.3 Å². The number of thiazole rings is 1. The molecule has 2 aromatic heterocycles.